The second kappa shape index (κ2) is 12.3. The molecule has 2 heteroatoms. The summed E-state index contributed by atoms with van der Waals surface area (Å²) in [6.07, 6.45) is 9.92. The molecule has 0 saturated heterocycles. The summed E-state index contributed by atoms with van der Waals surface area (Å²) in [5.74, 6) is 2.42. The second-order valence-electron chi connectivity index (χ2n) is 8.63. The molecular formula is C22H46O2. The van der Waals surface area contributed by atoms with Crippen molar-refractivity contribution in [1.82, 2.24) is 0 Å². The van der Waals surface area contributed by atoms with Crippen molar-refractivity contribution in [3.05, 3.63) is 0 Å². The van der Waals surface area contributed by atoms with Gasteiger partial charge in [-0.15, -0.1) is 0 Å². The quantitative estimate of drug-likeness (QED) is 0.641. The summed E-state index contributed by atoms with van der Waals surface area (Å²) >= 11 is 0. The van der Waals surface area contributed by atoms with Crippen LogP contribution in [0.4, 0.5) is 0 Å². The SMILES string of the molecule is CC.CC(C)(C1CCC(O)CC1)C1CCC(O)CC1.CCC(C)C. The zero-order valence-electron chi connectivity index (χ0n) is 17.6. The Hall–Kier alpha value is -0.0800. The lowest BCUT2D eigenvalue weighted by atomic mass is 9.60. The lowest BCUT2D eigenvalue weighted by Gasteiger charge is -2.46. The summed E-state index contributed by atoms with van der Waals surface area (Å²) in [5, 5.41) is 19.2. The van der Waals surface area contributed by atoms with Gasteiger partial charge in [0.2, 0.25) is 0 Å². The van der Waals surface area contributed by atoms with Crippen molar-refractivity contribution >= 4 is 0 Å². The molecular weight excluding hydrogens is 296 g/mol. The molecule has 0 aromatic heterocycles. The van der Waals surface area contributed by atoms with Gasteiger partial charge in [-0.2, -0.15) is 0 Å². The normalized spacial score (nSPS) is 30.8. The van der Waals surface area contributed by atoms with E-state index in [4.69, 9.17) is 0 Å². The molecule has 0 aromatic rings. The summed E-state index contributed by atoms with van der Waals surface area (Å²) in [4.78, 5) is 0. The van der Waals surface area contributed by atoms with E-state index in [1.165, 1.54) is 32.1 Å². The Kier molecular flexibility index (Phi) is 12.3. The number of rotatable bonds is 3. The van der Waals surface area contributed by atoms with E-state index in [0.29, 0.717) is 5.41 Å². The lowest BCUT2D eigenvalue weighted by molar-refractivity contribution is 0.00233. The van der Waals surface area contributed by atoms with Crippen LogP contribution in [0.2, 0.25) is 0 Å². The maximum absolute atomic E-state index is 9.60. The molecule has 2 nitrogen and oxygen atoms in total. The number of hydrogen-bond acceptors (Lipinski definition) is 2. The fourth-order valence-electron chi connectivity index (χ4n) is 3.97. The van der Waals surface area contributed by atoms with Gasteiger partial charge in [0.05, 0.1) is 12.2 Å². The molecule has 0 bridgehead atoms. The first-order chi connectivity index (χ1) is 11.3. The minimum Gasteiger partial charge on any atom is -0.393 e. The molecule has 2 rings (SSSR count). The molecule has 2 saturated carbocycles. The maximum Gasteiger partial charge on any atom is 0.0540 e. The molecule has 0 spiro atoms. The van der Waals surface area contributed by atoms with Crippen molar-refractivity contribution in [1.29, 1.82) is 0 Å². The van der Waals surface area contributed by atoms with Gasteiger partial charge in [0.15, 0.2) is 0 Å². The van der Waals surface area contributed by atoms with Gasteiger partial charge in [-0.3, -0.25) is 0 Å². The molecule has 0 aliphatic heterocycles. The zero-order valence-corrected chi connectivity index (χ0v) is 17.6. The molecule has 0 radical (unpaired) electrons. The first kappa shape index (κ1) is 23.9. The maximum atomic E-state index is 9.60. The standard InChI is InChI=1S/C15H28O2.C5H12.C2H6/c1-15(2,11-3-7-13(16)8-4-11)12-5-9-14(17)10-6-12;1-4-5(2)3;1-2/h11-14,16-17H,3-10H2,1-2H3;5H,4H2,1-3H3;1-2H3. The van der Waals surface area contributed by atoms with Crippen LogP contribution in [-0.4, -0.2) is 22.4 Å². The number of aliphatic hydroxyl groups excluding tert-OH is 2. The van der Waals surface area contributed by atoms with Crippen LogP contribution < -0.4 is 0 Å². The van der Waals surface area contributed by atoms with Gasteiger partial charge in [-0.1, -0.05) is 54.9 Å². The number of aliphatic hydroxyl groups is 2. The Morgan fingerprint density at radius 2 is 1.00 bits per heavy atom. The Labute approximate surface area is 152 Å². The highest BCUT2D eigenvalue weighted by molar-refractivity contribution is 4.90. The summed E-state index contributed by atoms with van der Waals surface area (Å²) in [5.41, 5.74) is 0.389. The van der Waals surface area contributed by atoms with Crippen molar-refractivity contribution in [3.63, 3.8) is 0 Å². The predicted octanol–water partition coefficient (Wildman–Crippen LogP) is 6.19. The van der Waals surface area contributed by atoms with E-state index < -0.39 is 0 Å². The van der Waals surface area contributed by atoms with Gasteiger partial charge in [0.1, 0.15) is 0 Å². The van der Waals surface area contributed by atoms with Crippen LogP contribution >= 0.6 is 0 Å². The minimum absolute atomic E-state index is 0.0461. The van der Waals surface area contributed by atoms with Gasteiger partial charge in [-0.05, 0) is 74.5 Å². The van der Waals surface area contributed by atoms with Crippen LogP contribution in [0, 0.1) is 23.2 Å². The van der Waals surface area contributed by atoms with E-state index in [1.807, 2.05) is 13.8 Å². The molecule has 0 heterocycles. The fourth-order valence-corrected chi connectivity index (χ4v) is 3.97. The summed E-state index contributed by atoms with van der Waals surface area (Å²) < 4.78 is 0. The first-order valence-electron chi connectivity index (χ1n) is 10.6. The minimum atomic E-state index is -0.0461. The summed E-state index contributed by atoms with van der Waals surface area (Å²) in [6, 6.07) is 0. The van der Waals surface area contributed by atoms with Crippen LogP contribution in [-0.2, 0) is 0 Å². The second-order valence-corrected chi connectivity index (χ2v) is 8.63. The largest absolute Gasteiger partial charge is 0.393 e. The molecule has 0 atom stereocenters. The van der Waals surface area contributed by atoms with Crippen LogP contribution in [0.5, 0.6) is 0 Å². The fraction of sp³-hybridized carbons (Fsp3) is 1.00. The molecule has 0 unspecified atom stereocenters. The van der Waals surface area contributed by atoms with Crippen molar-refractivity contribution in [3.8, 4) is 0 Å². The van der Waals surface area contributed by atoms with Crippen LogP contribution in [0.3, 0.4) is 0 Å². The van der Waals surface area contributed by atoms with Crippen molar-refractivity contribution < 1.29 is 10.2 Å². The van der Waals surface area contributed by atoms with Crippen LogP contribution in [0.1, 0.15) is 106 Å². The van der Waals surface area contributed by atoms with Crippen molar-refractivity contribution in [2.75, 3.05) is 0 Å². The molecule has 0 aromatic carbocycles. The highest BCUT2D eigenvalue weighted by atomic mass is 16.3. The van der Waals surface area contributed by atoms with Crippen molar-refractivity contribution in [2.45, 2.75) is 118 Å². The van der Waals surface area contributed by atoms with Gasteiger partial charge >= 0.3 is 0 Å². The van der Waals surface area contributed by atoms with E-state index in [0.717, 1.165) is 43.4 Å². The van der Waals surface area contributed by atoms with Crippen LogP contribution in [0.15, 0.2) is 0 Å². The first-order valence-corrected chi connectivity index (χ1v) is 10.6. The van der Waals surface area contributed by atoms with E-state index in [2.05, 4.69) is 34.6 Å². The molecule has 2 aliphatic carbocycles. The Morgan fingerprint density at radius 1 is 0.750 bits per heavy atom. The third kappa shape index (κ3) is 8.34. The zero-order chi connectivity index (χ0) is 18.8. The molecule has 2 aliphatic rings. The predicted molar refractivity (Wildman–Crippen MR) is 106 cm³/mol. The van der Waals surface area contributed by atoms with Gasteiger partial charge < -0.3 is 10.2 Å². The Balaban J connectivity index is 0.000000650. The van der Waals surface area contributed by atoms with E-state index in [-0.39, 0.29) is 12.2 Å². The van der Waals surface area contributed by atoms with E-state index >= 15 is 0 Å². The average molecular weight is 343 g/mol. The molecule has 146 valence electrons. The highest BCUT2D eigenvalue weighted by Crippen LogP contribution is 2.48. The van der Waals surface area contributed by atoms with E-state index in [9.17, 15) is 10.2 Å². The molecule has 0 amide bonds. The molecule has 2 N–H and O–H groups in total. The summed E-state index contributed by atoms with van der Waals surface area (Å²) in [6.45, 7) is 15.5. The average Bonchev–Trinajstić information content (AvgIpc) is 2.58. The Morgan fingerprint density at radius 3 is 1.21 bits per heavy atom. The highest BCUT2D eigenvalue weighted by Gasteiger charge is 2.39. The van der Waals surface area contributed by atoms with Gasteiger partial charge in [0.25, 0.3) is 0 Å². The van der Waals surface area contributed by atoms with Crippen molar-refractivity contribution in [2.24, 2.45) is 23.2 Å². The molecule has 2 fully saturated rings. The smallest absolute Gasteiger partial charge is 0.0540 e. The Bertz CT molecular complexity index is 258. The van der Waals surface area contributed by atoms with Crippen LogP contribution in [0.25, 0.3) is 0 Å². The van der Waals surface area contributed by atoms with E-state index in [1.54, 1.807) is 0 Å². The lowest BCUT2D eigenvalue weighted by Crippen LogP contribution is -2.38. The monoisotopic (exact) mass is 342 g/mol. The third-order valence-electron chi connectivity index (χ3n) is 6.31. The summed E-state index contributed by atoms with van der Waals surface area (Å²) in [7, 11) is 0. The topological polar surface area (TPSA) is 40.5 Å². The van der Waals surface area contributed by atoms with Gasteiger partial charge in [0, 0.05) is 0 Å². The number of hydrogen-bond donors (Lipinski definition) is 2. The molecule has 24 heavy (non-hydrogen) atoms. The van der Waals surface area contributed by atoms with Gasteiger partial charge in [-0.25, -0.2) is 0 Å². The third-order valence-corrected chi connectivity index (χ3v) is 6.31.